The van der Waals surface area contributed by atoms with E-state index in [4.69, 9.17) is 5.11 Å². The number of imidazole rings is 1. The van der Waals surface area contributed by atoms with Crippen molar-refractivity contribution >= 4 is 11.9 Å². The second-order valence-corrected chi connectivity index (χ2v) is 4.08. The normalized spacial score (nSPS) is 11.8. The van der Waals surface area contributed by atoms with E-state index in [0.717, 1.165) is 0 Å². The van der Waals surface area contributed by atoms with Crippen LogP contribution in [0.2, 0.25) is 0 Å². The van der Waals surface area contributed by atoms with E-state index in [9.17, 15) is 14.7 Å². The third kappa shape index (κ3) is 3.31. The van der Waals surface area contributed by atoms with E-state index in [1.807, 2.05) is 0 Å². The fourth-order valence-corrected chi connectivity index (χ4v) is 1.61. The van der Waals surface area contributed by atoms with E-state index in [-0.39, 0.29) is 17.7 Å². The van der Waals surface area contributed by atoms with Gasteiger partial charge in [-0.05, 0) is 6.07 Å². The molecule has 0 bridgehead atoms. The lowest BCUT2D eigenvalue weighted by Crippen LogP contribution is -2.42. The lowest BCUT2D eigenvalue weighted by molar-refractivity contribution is -0.139. The molecule has 0 aliphatic carbocycles. The van der Waals surface area contributed by atoms with Gasteiger partial charge in [-0.15, -0.1) is 0 Å². The Kier molecular flexibility index (Phi) is 3.94. The molecule has 1 unspecified atom stereocenters. The summed E-state index contributed by atoms with van der Waals surface area (Å²) in [5.41, 5.74) is 0.674. The second-order valence-electron chi connectivity index (χ2n) is 4.08. The minimum absolute atomic E-state index is 0.0767. The van der Waals surface area contributed by atoms with Gasteiger partial charge in [-0.25, -0.2) is 9.78 Å². The third-order valence-electron chi connectivity index (χ3n) is 2.57. The Morgan fingerprint density at radius 2 is 2.10 bits per heavy atom. The van der Waals surface area contributed by atoms with Crippen LogP contribution in [0.15, 0.2) is 31.0 Å². The van der Waals surface area contributed by atoms with Gasteiger partial charge in [0.05, 0.1) is 18.1 Å². The number of carboxylic acid groups (broad SMARTS) is 1. The highest BCUT2D eigenvalue weighted by Gasteiger charge is 2.22. The topological polar surface area (TPSA) is 128 Å². The number of aromatic amines is 1. The molecule has 0 aliphatic heterocycles. The number of rotatable bonds is 5. The molecule has 0 fully saturated rings. The number of aromatic nitrogens is 3. The number of carbonyl (C=O) groups excluding carboxylic acids is 1. The van der Waals surface area contributed by atoms with E-state index < -0.39 is 17.9 Å². The van der Waals surface area contributed by atoms with Gasteiger partial charge >= 0.3 is 5.97 Å². The first kappa shape index (κ1) is 13.5. The van der Waals surface area contributed by atoms with Crippen molar-refractivity contribution in [3.63, 3.8) is 0 Å². The fraction of sp³-hybridized carbons (Fsp3) is 0.167. The minimum Gasteiger partial charge on any atom is -0.506 e. The van der Waals surface area contributed by atoms with Crippen molar-refractivity contribution < 1.29 is 19.8 Å². The van der Waals surface area contributed by atoms with Crippen LogP contribution in [0.25, 0.3) is 0 Å². The highest BCUT2D eigenvalue weighted by molar-refractivity contribution is 5.96. The summed E-state index contributed by atoms with van der Waals surface area (Å²) < 4.78 is 0. The Morgan fingerprint density at radius 1 is 1.30 bits per heavy atom. The SMILES string of the molecule is O=C(NC(Cc1cnc[nH]1)C(=O)O)c1cncc(O)c1. The second kappa shape index (κ2) is 5.83. The average molecular weight is 276 g/mol. The number of pyridine rings is 1. The van der Waals surface area contributed by atoms with Crippen LogP contribution in [0.4, 0.5) is 0 Å². The first-order chi connectivity index (χ1) is 9.56. The molecule has 4 N–H and O–H groups in total. The summed E-state index contributed by atoms with van der Waals surface area (Å²) in [6.45, 7) is 0. The van der Waals surface area contributed by atoms with Gasteiger partial charge in [0.25, 0.3) is 5.91 Å². The maximum Gasteiger partial charge on any atom is 0.326 e. The first-order valence-electron chi connectivity index (χ1n) is 5.71. The molecule has 0 radical (unpaired) electrons. The number of nitrogens with one attached hydrogen (secondary N) is 2. The molecular weight excluding hydrogens is 264 g/mol. The zero-order valence-corrected chi connectivity index (χ0v) is 10.3. The van der Waals surface area contributed by atoms with Gasteiger partial charge in [-0.1, -0.05) is 0 Å². The third-order valence-corrected chi connectivity index (χ3v) is 2.57. The van der Waals surface area contributed by atoms with Crippen molar-refractivity contribution in [3.8, 4) is 5.75 Å². The summed E-state index contributed by atoms with van der Waals surface area (Å²) in [6.07, 6.45) is 5.40. The van der Waals surface area contributed by atoms with Crippen molar-refractivity contribution in [1.82, 2.24) is 20.3 Å². The zero-order chi connectivity index (χ0) is 14.5. The van der Waals surface area contributed by atoms with E-state index in [1.54, 1.807) is 0 Å². The van der Waals surface area contributed by atoms with Crippen LogP contribution < -0.4 is 5.32 Å². The van der Waals surface area contributed by atoms with Gasteiger partial charge in [0, 0.05) is 24.5 Å². The molecule has 2 heterocycles. The van der Waals surface area contributed by atoms with E-state index in [0.29, 0.717) is 5.69 Å². The van der Waals surface area contributed by atoms with Crippen LogP contribution >= 0.6 is 0 Å². The Balaban J connectivity index is 2.08. The largest absolute Gasteiger partial charge is 0.506 e. The smallest absolute Gasteiger partial charge is 0.326 e. The summed E-state index contributed by atoms with van der Waals surface area (Å²) in [6, 6.07) is 0.0996. The minimum atomic E-state index is -1.17. The molecule has 0 saturated heterocycles. The number of carboxylic acids is 1. The molecule has 0 aromatic carbocycles. The molecule has 0 aliphatic rings. The number of aromatic hydroxyl groups is 1. The van der Waals surface area contributed by atoms with E-state index >= 15 is 0 Å². The van der Waals surface area contributed by atoms with E-state index in [2.05, 4.69) is 20.3 Å². The monoisotopic (exact) mass is 276 g/mol. The molecule has 104 valence electrons. The van der Waals surface area contributed by atoms with Crippen molar-refractivity contribution in [1.29, 1.82) is 0 Å². The number of aliphatic carboxylic acids is 1. The summed E-state index contributed by atoms with van der Waals surface area (Å²) in [5.74, 6) is -1.96. The van der Waals surface area contributed by atoms with Gasteiger partial charge in [-0.2, -0.15) is 0 Å². The number of amides is 1. The van der Waals surface area contributed by atoms with E-state index in [1.165, 1.54) is 31.0 Å². The average Bonchev–Trinajstić information content (AvgIpc) is 2.90. The molecule has 2 aromatic heterocycles. The molecule has 1 amide bonds. The number of hydrogen-bond donors (Lipinski definition) is 4. The maximum atomic E-state index is 11.9. The highest BCUT2D eigenvalue weighted by Crippen LogP contribution is 2.09. The van der Waals surface area contributed by atoms with Crippen LogP contribution in [0.3, 0.4) is 0 Å². The predicted octanol–water partition coefficient (Wildman–Crippen LogP) is -0.0640. The van der Waals surface area contributed by atoms with Crippen molar-refractivity contribution in [3.05, 3.63) is 42.2 Å². The van der Waals surface area contributed by atoms with Gasteiger partial charge in [0.2, 0.25) is 0 Å². The van der Waals surface area contributed by atoms with Crippen molar-refractivity contribution in [2.24, 2.45) is 0 Å². The number of nitrogens with zero attached hydrogens (tertiary/aromatic N) is 2. The molecule has 20 heavy (non-hydrogen) atoms. The number of carbonyl (C=O) groups is 2. The Hall–Kier alpha value is -2.90. The van der Waals surface area contributed by atoms with Crippen molar-refractivity contribution in [2.75, 3.05) is 0 Å². The summed E-state index contributed by atoms with van der Waals surface area (Å²) >= 11 is 0. The van der Waals surface area contributed by atoms with Crippen LogP contribution in [0.1, 0.15) is 16.1 Å². The molecule has 0 saturated carbocycles. The predicted molar refractivity (Wildman–Crippen MR) is 67.1 cm³/mol. The van der Waals surface area contributed by atoms with Crippen LogP contribution in [0, 0.1) is 0 Å². The van der Waals surface area contributed by atoms with Crippen molar-refractivity contribution in [2.45, 2.75) is 12.5 Å². The Labute approximate surface area is 113 Å². The standard InChI is InChI=1S/C12H12N4O4/c17-9-1-7(3-13-5-9)11(18)16-10(12(19)20)2-8-4-14-6-15-8/h1,3-6,10,17H,2H2,(H,14,15)(H,16,18)(H,19,20). The molecule has 8 heteroatoms. The molecule has 0 spiro atoms. The maximum absolute atomic E-state index is 11.9. The summed E-state index contributed by atoms with van der Waals surface area (Å²) in [7, 11) is 0. The number of H-pyrrole nitrogens is 1. The number of hydrogen-bond acceptors (Lipinski definition) is 5. The Bertz CT molecular complexity index is 612. The Morgan fingerprint density at radius 3 is 2.70 bits per heavy atom. The lowest BCUT2D eigenvalue weighted by Gasteiger charge is -2.13. The fourth-order valence-electron chi connectivity index (χ4n) is 1.61. The summed E-state index contributed by atoms with van der Waals surface area (Å²) in [4.78, 5) is 33.2. The highest BCUT2D eigenvalue weighted by atomic mass is 16.4. The molecule has 8 nitrogen and oxygen atoms in total. The molecule has 2 rings (SSSR count). The van der Waals surface area contributed by atoms with Gasteiger partial charge in [0.15, 0.2) is 0 Å². The van der Waals surface area contributed by atoms with Gasteiger partial charge < -0.3 is 20.5 Å². The van der Waals surface area contributed by atoms with Gasteiger partial charge in [0.1, 0.15) is 11.8 Å². The van der Waals surface area contributed by atoms with Crippen LogP contribution in [0.5, 0.6) is 5.75 Å². The lowest BCUT2D eigenvalue weighted by atomic mass is 10.1. The zero-order valence-electron chi connectivity index (χ0n) is 10.3. The summed E-state index contributed by atoms with van der Waals surface area (Å²) in [5, 5.41) is 20.7. The molecular formula is C12H12N4O4. The van der Waals surface area contributed by atoms with Crippen LogP contribution in [-0.4, -0.2) is 43.1 Å². The molecule has 1 atom stereocenters. The quantitative estimate of drug-likeness (QED) is 0.605. The molecule has 2 aromatic rings. The first-order valence-corrected chi connectivity index (χ1v) is 5.71. The van der Waals surface area contributed by atoms with Gasteiger partial charge in [-0.3, -0.25) is 9.78 Å². The van der Waals surface area contributed by atoms with Crippen LogP contribution in [-0.2, 0) is 11.2 Å².